The summed E-state index contributed by atoms with van der Waals surface area (Å²) in [5.74, 6) is 1.37. The van der Waals surface area contributed by atoms with Crippen molar-refractivity contribution in [3.8, 4) is 0 Å². The fraction of sp³-hybridized carbons (Fsp3) is 0.474. The third kappa shape index (κ3) is 6.71. The van der Waals surface area contributed by atoms with Crippen LogP contribution in [0.25, 0.3) is 0 Å². The molecular weight excluding hydrogens is 349 g/mol. The average Bonchev–Trinajstić information content (AvgIpc) is 3.03. The van der Waals surface area contributed by atoms with E-state index < -0.39 is 0 Å². The van der Waals surface area contributed by atoms with Gasteiger partial charge in [0.05, 0.1) is 12.7 Å². The summed E-state index contributed by atoms with van der Waals surface area (Å²) < 4.78 is 15.4. The molecule has 0 unspecified atom stereocenters. The maximum Gasteiger partial charge on any atom is 0.191 e. The highest BCUT2D eigenvalue weighted by Crippen LogP contribution is 2.17. The van der Waals surface area contributed by atoms with Crippen LogP contribution in [0.5, 0.6) is 0 Å². The molecule has 0 fully saturated rings. The van der Waals surface area contributed by atoms with Crippen LogP contribution in [0.1, 0.15) is 30.0 Å². The van der Waals surface area contributed by atoms with Crippen LogP contribution in [0.3, 0.4) is 0 Å². The lowest BCUT2D eigenvalue weighted by molar-refractivity contribution is 0.570. The molecule has 2 rings (SSSR count). The van der Waals surface area contributed by atoms with Crippen LogP contribution >= 0.6 is 11.8 Å². The van der Waals surface area contributed by atoms with Crippen molar-refractivity contribution in [1.82, 2.24) is 20.4 Å². The molecule has 2 N–H and O–H groups in total. The number of rotatable bonds is 9. The Hall–Kier alpha value is -2.02. The summed E-state index contributed by atoms with van der Waals surface area (Å²) in [6.45, 7) is 7.09. The van der Waals surface area contributed by atoms with Crippen LogP contribution in [0, 0.1) is 12.7 Å². The summed E-state index contributed by atoms with van der Waals surface area (Å²) in [6, 6.07) is 4.93. The van der Waals surface area contributed by atoms with E-state index in [4.69, 9.17) is 0 Å². The smallest absolute Gasteiger partial charge is 0.191 e. The molecule has 0 amide bonds. The largest absolute Gasteiger partial charge is 0.357 e. The quantitative estimate of drug-likeness (QED) is 0.400. The summed E-state index contributed by atoms with van der Waals surface area (Å²) in [5.41, 5.74) is 3.24. The van der Waals surface area contributed by atoms with Gasteiger partial charge in [0.15, 0.2) is 5.96 Å². The Morgan fingerprint density at radius 2 is 2.15 bits per heavy atom. The van der Waals surface area contributed by atoms with E-state index in [-0.39, 0.29) is 5.82 Å². The highest BCUT2D eigenvalue weighted by Gasteiger charge is 2.05. The molecule has 1 heterocycles. The van der Waals surface area contributed by atoms with Crippen molar-refractivity contribution in [2.75, 3.05) is 19.3 Å². The number of aryl methyl sites for hydroxylation is 2. The second-order valence-electron chi connectivity index (χ2n) is 6.10. The Labute approximate surface area is 159 Å². The van der Waals surface area contributed by atoms with E-state index in [2.05, 4.69) is 20.7 Å². The molecule has 0 saturated carbocycles. The third-order valence-corrected chi connectivity index (χ3v) is 4.44. The number of nitrogens with one attached hydrogen (secondary N) is 2. The fourth-order valence-corrected chi connectivity index (χ4v) is 3.16. The summed E-state index contributed by atoms with van der Waals surface area (Å²) in [4.78, 5) is 4.65. The van der Waals surface area contributed by atoms with E-state index in [0.29, 0.717) is 6.54 Å². The SMILES string of the molecule is CCNC(=NCc1ccc(F)cc1CSC)NCCCn1cc(C)cn1. The topological polar surface area (TPSA) is 54.2 Å². The zero-order valence-corrected chi connectivity index (χ0v) is 16.6. The van der Waals surface area contributed by atoms with Gasteiger partial charge in [0.1, 0.15) is 5.82 Å². The molecule has 7 heteroatoms. The molecule has 0 atom stereocenters. The van der Waals surface area contributed by atoms with Gasteiger partial charge in [-0.15, -0.1) is 0 Å². The molecule has 0 bridgehead atoms. The zero-order chi connectivity index (χ0) is 18.8. The molecule has 0 spiro atoms. The first kappa shape index (κ1) is 20.3. The van der Waals surface area contributed by atoms with Gasteiger partial charge in [-0.05, 0) is 55.3 Å². The number of thioether (sulfide) groups is 1. The van der Waals surface area contributed by atoms with Crippen LogP contribution in [0.15, 0.2) is 35.6 Å². The number of benzene rings is 1. The maximum absolute atomic E-state index is 13.5. The number of guanidine groups is 1. The highest BCUT2D eigenvalue weighted by atomic mass is 32.2. The molecule has 0 saturated heterocycles. The minimum Gasteiger partial charge on any atom is -0.357 e. The fourth-order valence-electron chi connectivity index (χ4n) is 2.58. The first-order chi connectivity index (χ1) is 12.6. The summed E-state index contributed by atoms with van der Waals surface area (Å²) in [7, 11) is 0. The van der Waals surface area contributed by atoms with Gasteiger partial charge in [0.2, 0.25) is 0 Å². The van der Waals surface area contributed by atoms with E-state index in [1.54, 1.807) is 17.8 Å². The van der Waals surface area contributed by atoms with E-state index in [0.717, 1.165) is 48.9 Å². The van der Waals surface area contributed by atoms with Gasteiger partial charge in [-0.1, -0.05) is 6.07 Å². The average molecular weight is 378 g/mol. The molecule has 1 aromatic heterocycles. The number of hydrogen-bond donors (Lipinski definition) is 2. The van der Waals surface area contributed by atoms with Crippen LogP contribution in [-0.4, -0.2) is 35.1 Å². The minimum absolute atomic E-state index is 0.194. The Balaban J connectivity index is 1.89. The van der Waals surface area contributed by atoms with Crippen LogP contribution in [0.4, 0.5) is 4.39 Å². The van der Waals surface area contributed by atoms with Crippen molar-refractivity contribution >= 4 is 17.7 Å². The van der Waals surface area contributed by atoms with Crippen LogP contribution in [0.2, 0.25) is 0 Å². The molecular formula is C19H28FN5S. The predicted octanol–water partition coefficient (Wildman–Crippen LogP) is 3.34. The van der Waals surface area contributed by atoms with Crippen molar-refractivity contribution in [3.63, 3.8) is 0 Å². The van der Waals surface area contributed by atoms with Crippen molar-refractivity contribution < 1.29 is 4.39 Å². The molecule has 26 heavy (non-hydrogen) atoms. The van der Waals surface area contributed by atoms with Gasteiger partial charge in [0, 0.05) is 31.6 Å². The lowest BCUT2D eigenvalue weighted by atomic mass is 10.1. The van der Waals surface area contributed by atoms with E-state index in [9.17, 15) is 4.39 Å². The molecule has 1 aromatic carbocycles. The number of aliphatic imine (C=N–C) groups is 1. The second-order valence-corrected chi connectivity index (χ2v) is 6.97. The number of halogens is 1. The molecule has 0 radical (unpaired) electrons. The summed E-state index contributed by atoms with van der Waals surface area (Å²) in [6.07, 6.45) is 6.89. The van der Waals surface area contributed by atoms with E-state index in [1.165, 1.54) is 11.6 Å². The number of hydrogen-bond acceptors (Lipinski definition) is 3. The van der Waals surface area contributed by atoms with Gasteiger partial charge >= 0.3 is 0 Å². The molecule has 142 valence electrons. The second kappa shape index (κ2) is 10.9. The molecule has 0 aliphatic carbocycles. The predicted molar refractivity (Wildman–Crippen MR) is 108 cm³/mol. The van der Waals surface area contributed by atoms with Crippen LogP contribution in [-0.2, 0) is 18.8 Å². The molecule has 0 aliphatic rings. The Morgan fingerprint density at radius 3 is 2.85 bits per heavy atom. The van der Waals surface area contributed by atoms with Crippen molar-refractivity contribution in [1.29, 1.82) is 0 Å². The summed E-state index contributed by atoms with van der Waals surface area (Å²) in [5, 5.41) is 10.9. The van der Waals surface area contributed by atoms with Gasteiger partial charge in [0.25, 0.3) is 0 Å². The van der Waals surface area contributed by atoms with E-state index in [1.807, 2.05) is 43.2 Å². The van der Waals surface area contributed by atoms with Crippen molar-refractivity contribution in [2.24, 2.45) is 4.99 Å². The lowest BCUT2D eigenvalue weighted by Crippen LogP contribution is -2.38. The molecule has 2 aromatic rings. The summed E-state index contributed by atoms with van der Waals surface area (Å²) >= 11 is 1.68. The maximum atomic E-state index is 13.5. The first-order valence-electron chi connectivity index (χ1n) is 8.90. The molecule has 5 nitrogen and oxygen atoms in total. The zero-order valence-electron chi connectivity index (χ0n) is 15.8. The monoisotopic (exact) mass is 377 g/mol. The standard InChI is InChI=1S/C19H28FN5S/c1-4-21-19(22-8-5-9-25-13-15(2)11-24-25)23-12-16-6-7-18(20)10-17(16)14-26-3/h6-7,10-11,13H,4-5,8-9,12,14H2,1-3H3,(H2,21,22,23). The Kier molecular flexibility index (Phi) is 8.47. The third-order valence-electron chi connectivity index (χ3n) is 3.84. The van der Waals surface area contributed by atoms with Gasteiger partial charge in [-0.25, -0.2) is 9.38 Å². The highest BCUT2D eigenvalue weighted by molar-refractivity contribution is 7.97. The first-order valence-corrected chi connectivity index (χ1v) is 10.3. The van der Waals surface area contributed by atoms with Crippen molar-refractivity contribution in [2.45, 2.75) is 39.1 Å². The van der Waals surface area contributed by atoms with Crippen LogP contribution < -0.4 is 10.6 Å². The van der Waals surface area contributed by atoms with Crippen molar-refractivity contribution in [3.05, 3.63) is 53.1 Å². The normalized spacial score (nSPS) is 11.6. The number of nitrogens with zero attached hydrogens (tertiary/aromatic N) is 3. The Morgan fingerprint density at radius 1 is 1.31 bits per heavy atom. The molecule has 0 aliphatic heterocycles. The Bertz CT molecular complexity index is 714. The van der Waals surface area contributed by atoms with Gasteiger partial charge < -0.3 is 10.6 Å². The van der Waals surface area contributed by atoms with Gasteiger partial charge in [-0.2, -0.15) is 16.9 Å². The number of aromatic nitrogens is 2. The van der Waals surface area contributed by atoms with E-state index >= 15 is 0 Å². The lowest BCUT2D eigenvalue weighted by Gasteiger charge is -2.12. The van der Waals surface area contributed by atoms with Gasteiger partial charge in [-0.3, -0.25) is 4.68 Å². The minimum atomic E-state index is -0.194.